The molecule has 0 spiro atoms. The third-order valence-electron chi connectivity index (χ3n) is 2.54. The smallest absolute Gasteiger partial charge is 0.197 e. The zero-order valence-corrected chi connectivity index (χ0v) is 10.6. The summed E-state index contributed by atoms with van der Waals surface area (Å²) in [5, 5.41) is 11.8. The molecule has 0 aliphatic carbocycles. The van der Waals surface area contributed by atoms with Crippen LogP contribution in [0.3, 0.4) is 0 Å². The maximum absolute atomic E-state index is 5.99. The van der Waals surface area contributed by atoms with Crippen LogP contribution in [0.5, 0.6) is 0 Å². The largest absolute Gasteiger partial charge is 0.453 e. The molecule has 0 aliphatic heterocycles. The lowest BCUT2D eigenvalue weighted by Gasteiger charge is -2.15. The normalized spacial score (nSPS) is 12.9. The van der Waals surface area contributed by atoms with E-state index in [0.717, 1.165) is 24.2 Å². The predicted molar refractivity (Wildman–Crippen MR) is 64.8 cm³/mol. The summed E-state index contributed by atoms with van der Waals surface area (Å²) in [6, 6.07) is 1.98. The number of nitrogens with one attached hydrogen (secondary N) is 1. The van der Waals surface area contributed by atoms with Gasteiger partial charge in [-0.2, -0.15) is 0 Å². The van der Waals surface area contributed by atoms with Crippen molar-refractivity contribution in [3.63, 3.8) is 0 Å². The van der Waals surface area contributed by atoms with Gasteiger partial charge in [-0.25, -0.2) is 0 Å². The van der Waals surface area contributed by atoms with E-state index in [-0.39, 0.29) is 6.04 Å². The highest BCUT2D eigenvalue weighted by Crippen LogP contribution is 2.26. The number of furan rings is 1. The lowest BCUT2D eigenvalue weighted by Crippen LogP contribution is -2.23. The van der Waals surface area contributed by atoms with Crippen molar-refractivity contribution in [2.24, 2.45) is 7.05 Å². The van der Waals surface area contributed by atoms with E-state index in [1.807, 2.05) is 19.3 Å². The number of hydrogen-bond donors (Lipinski definition) is 1. The molecule has 5 nitrogen and oxygen atoms in total. The molecule has 0 saturated carbocycles. The average Bonchev–Trinajstić information content (AvgIpc) is 2.87. The lowest BCUT2D eigenvalue weighted by atomic mass is 10.1. The molecule has 0 fully saturated rings. The average molecular weight is 255 g/mol. The van der Waals surface area contributed by atoms with Crippen molar-refractivity contribution in [3.05, 3.63) is 35.0 Å². The van der Waals surface area contributed by atoms with E-state index in [0.29, 0.717) is 5.22 Å². The first-order chi connectivity index (χ1) is 8.20. The van der Waals surface area contributed by atoms with E-state index in [4.69, 9.17) is 16.0 Å². The van der Waals surface area contributed by atoms with Gasteiger partial charge in [-0.1, -0.05) is 12.1 Å². The van der Waals surface area contributed by atoms with Gasteiger partial charge in [0.05, 0.1) is 12.0 Å². The summed E-state index contributed by atoms with van der Waals surface area (Å²) in [4.78, 5) is 0. The Hall–Kier alpha value is -1.33. The Labute approximate surface area is 105 Å². The molecule has 2 rings (SSSR count). The van der Waals surface area contributed by atoms with Crippen LogP contribution >= 0.6 is 11.6 Å². The molecular formula is C11H15ClN4O. The molecule has 92 valence electrons. The summed E-state index contributed by atoms with van der Waals surface area (Å²) >= 11 is 5.99. The molecule has 6 heteroatoms. The second kappa shape index (κ2) is 5.33. The quantitative estimate of drug-likeness (QED) is 0.886. The van der Waals surface area contributed by atoms with Crippen LogP contribution < -0.4 is 5.32 Å². The standard InChI is InChI=1S/C11H15ClN4O/c1-3-13-10(9-4-5-17-11(9)12)6-8-7-16(2)15-14-8/h4-5,7,10,13H,3,6H2,1-2H3. The van der Waals surface area contributed by atoms with Gasteiger partial charge in [0.2, 0.25) is 0 Å². The van der Waals surface area contributed by atoms with E-state index in [9.17, 15) is 0 Å². The van der Waals surface area contributed by atoms with Gasteiger partial charge < -0.3 is 9.73 Å². The molecule has 2 heterocycles. The molecule has 17 heavy (non-hydrogen) atoms. The van der Waals surface area contributed by atoms with Crippen LogP contribution in [-0.2, 0) is 13.5 Å². The zero-order valence-electron chi connectivity index (χ0n) is 9.85. The Morgan fingerprint density at radius 3 is 2.94 bits per heavy atom. The fourth-order valence-electron chi connectivity index (χ4n) is 1.79. The third-order valence-corrected chi connectivity index (χ3v) is 2.84. The van der Waals surface area contributed by atoms with Crippen LogP contribution in [0.1, 0.15) is 24.2 Å². The van der Waals surface area contributed by atoms with Gasteiger partial charge >= 0.3 is 0 Å². The molecule has 0 amide bonds. The van der Waals surface area contributed by atoms with Crippen LogP contribution in [0.15, 0.2) is 22.9 Å². The van der Waals surface area contributed by atoms with Crippen molar-refractivity contribution in [2.75, 3.05) is 6.54 Å². The number of hydrogen-bond acceptors (Lipinski definition) is 4. The molecule has 0 aromatic carbocycles. The number of nitrogens with zero attached hydrogens (tertiary/aromatic N) is 3. The third kappa shape index (κ3) is 2.87. The van der Waals surface area contributed by atoms with Crippen LogP contribution in [0, 0.1) is 0 Å². The Bertz CT molecular complexity index is 479. The summed E-state index contributed by atoms with van der Waals surface area (Å²) in [5.74, 6) is 0. The molecule has 1 unspecified atom stereocenters. The molecule has 1 atom stereocenters. The van der Waals surface area contributed by atoms with Gasteiger partial charge in [-0.05, 0) is 24.2 Å². The highest BCUT2D eigenvalue weighted by molar-refractivity contribution is 6.29. The fraction of sp³-hybridized carbons (Fsp3) is 0.455. The maximum Gasteiger partial charge on any atom is 0.197 e. The molecule has 1 N–H and O–H groups in total. The summed E-state index contributed by atoms with van der Waals surface area (Å²) in [7, 11) is 1.85. The Balaban J connectivity index is 2.15. The first kappa shape index (κ1) is 12.1. The molecule has 2 aromatic heterocycles. The van der Waals surface area contributed by atoms with Gasteiger partial charge in [0.25, 0.3) is 0 Å². The van der Waals surface area contributed by atoms with Gasteiger partial charge in [0, 0.05) is 31.3 Å². The molecule has 0 bridgehead atoms. The Morgan fingerprint density at radius 1 is 1.59 bits per heavy atom. The van der Waals surface area contributed by atoms with Crippen molar-refractivity contribution in [1.82, 2.24) is 20.3 Å². The number of aryl methyl sites for hydroxylation is 1. The number of rotatable bonds is 5. The molecule has 0 radical (unpaired) electrons. The minimum Gasteiger partial charge on any atom is -0.453 e. The summed E-state index contributed by atoms with van der Waals surface area (Å²) in [6.07, 6.45) is 4.23. The summed E-state index contributed by atoms with van der Waals surface area (Å²) in [6.45, 7) is 2.91. The second-order valence-electron chi connectivity index (χ2n) is 3.85. The molecule has 0 aliphatic rings. The topological polar surface area (TPSA) is 55.9 Å². The van der Waals surface area contributed by atoms with E-state index in [2.05, 4.69) is 22.6 Å². The first-order valence-corrected chi connectivity index (χ1v) is 5.90. The van der Waals surface area contributed by atoms with Crippen LogP contribution in [0.2, 0.25) is 5.22 Å². The fourth-order valence-corrected chi connectivity index (χ4v) is 2.04. The number of aromatic nitrogens is 3. The molecule has 0 saturated heterocycles. The van der Waals surface area contributed by atoms with Crippen LogP contribution in [0.4, 0.5) is 0 Å². The van der Waals surface area contributed by atoms with Crippen molar-refractivity contribution < 1.29 is 4.42 Å². The predicted octanol–water partition coefficient (Wildman–Crippen LogP) is 1.95. The maximum atomic E-state index is 5.99. The van der Waals surface area contributed by atoms with Gasteiger partial charge in [0.1, 0.15) is 0 Å². The Kier molecular flexibility index (Phi) is 3.81. The minimum atomic E-state index is 0.1000. The van der Waals surface area contributed by atoms with Crippen molar-refractivity contribution in [2.45, 2.75) is 19.4 Å². The number of likely N-dealkylation sites (N-methyl/N-ethyl adjacent to an activating group) is 1. The van der Waals surface area contributed by atoms with Crippen molar-refractivity contribution in [1.29, 1.82) is 0 Å². The monoisotopic (exact) mass is 254 g/mol. The van der Waals surface area contributed by atoms with E-state index in [1.165, 1.54) is 0 Å². The van der Waals surface area contributed by atoms with Crippen LogP contribution in [-0.4, -0.2) is 21.5 Å². The highest BCUT2D eigenvalue weighted by Gasteiger charge is 2.17. The van der Waals surface area contributed by atoms with Crippen molar-refractivity contribution >= 4 is 11.6 Å². The minimum absolute atomic E-state index is 0.1000. The van der Waals surface area contributed by atoms with Gasteiger partial charge in [-0.3, -0.25) is 4.68 Å². The highest BCUT2D eigenvalue weighted by atomic mass is 35.5. The first-order valence-electron chi connectivity index (χ1n) is 5.52. The van der Waals surface area contributed by atoms with E-state index >= 15 is 0 Å². The van der Waals surface area contributed by atoms with E-state index < -0.39 is 0 Å². The van der Waals surface area contributed by atoms with Gasteiger partial charge in [-0.15, -0.1) is 5.10 Å². The van der Waals surface area contributed by atoms with E-state index in [1.54, 1.807) is 10.9 Å². The Morgan fingerprint density at radius 2 is 2.41 bits per heavy atom. The summed E-state index contributed by atoms with van der Waals surface area (Å²) < 4.78 is 6.81. The summed E-state index contributed by atoms with van der Waals surface area (Å²) in [5.41, 5.74) is 1.88. The zero-order chi connectivity index (χ0) is 12.3. The lowest BCUT2D eigenvalue weighted by molar-refractivity contribution is 0.522. The van der Waals surface area contributed by atoms with Gasteiger partial charge in [0.15, 0.2) is 5.22 Å². The second-order valence-corrected chi connectivity index (χ2v) is 4.19. The van der Waals surface area contributed by atoms with Crippen LogP contribution in [0.25, 0.3) is 0 Å². The van der Waals surface area contributed by atoms with Crippen molar-refractivity contribution in [3.8, 4) is 0 Å². The SMILES string of the molecule is CCNC(Cc1cn(C)nn1)c1ccoc1Cl. The number of halogens is 1. The molecule has 2 aromatic rings. The molecular weight excluding hydrogens is 240 g/mol.